The van der Waals surface area contributed by atoms with E-state index in [0.717, 1.165) is 68.5 Å². The smallest absolute Gasteiger partial charge is 0.337 e. The van der Waals surface area contributed by atoms with Crippen molar-refractivity contribution >= 4 is 21.7 Å². The monoisotopic (exact) mass is 565 g/mol. The topological polar surface area (TPSA) is 102 Å². The molecule has 0 radical (unpaired) electrons. The molecule has 0 saturated heterocycles. The molecule has 4 rings (SSSR count). The maximum atomic E-state index is 12.8. The van der Waals surface area contributed by atoms with E-state index < -0.39 is 27.7 Å². The number of anilines is 1. The van der Waals surface area contributed by atoms with Crippen LogP contribution in [-0.2, 0) is 26.0 Å². The summed E-state index contributed by atoms with van der Waals surface area (Å²) in [6, 6.07) is 10.1. The van der Waals surface area contributed by atoms with Gasteiger partial charge in [0.25, 0.3) is 0 Å². The van der Waals surface area contributed by atoms with E-state index in [0.29, 0.717) is 23.4 Å². The summed E-state index contributed by atoms with van der Waals surface area (Å²) in [5, 5.41) is 10.5. The molecule has 7 nitrogen and oxygen atoms in total. The molecule has 0 bridgehead atoms. The van der Waals surface area contributed by atoms with Crippen molar-refractivity contribution in [1.82, 2.24) is 0 Å². The number of benzene rings is 3. The molecule has 1 atom stereocenters. The Bertz CT molecular complexity index is 1620. The lowest BCUT2D eigenvalue weighted by molar-refractivity contribution is -0.160. The van der Waals surface area contributed by atoms with Crippen LogP contribution in [0.3, 0.4) is 0 Å². The number of hydrogen-bond acceptors (Lipinski definition) is 5. The molecule has 1 heterocycles. The quantitative estimate of drug-likeness (QED) is 0.326. The summed E-state index contributed by atoms with van der Waals surface area (Å²) >= 11 is 0. The molecule has 1 unspecified atom stereocenters. The summed E-state index contributed by atoms with van der Waals surface area (Å²) in [6.45, 7) is 15.8. The van der Waals surface area contributed by atoms with Crippen molar-refractivity contribution in [3.8, 4) is 28.0 Å². The lowest BCUT2D eigenvalue weighted by atomic mass is 9.81. The molecule has 3 aromatic carbocycles. The summed E-state index contributed by atoms with van der Waals surface area (Å²) in [5.74, 6) is -0.329. The third-order valence-corrected chi connectivity index (χ3v) is 7.96. The first-order chi connectivity index (χ1) is 18.5. The highest BCUT2D eigenvalue weighted by atomic mass is 32.2. The van der Waals surface area contributed by atoms with E-state index in [1.807, 2.05) is 45.9 Å². The second-order valence-electron chi connectivity index (χ2n) is 11.8. The molecule has 1 aliphatic heterocycles. The van der Waals surface area contributed by atoms with Gasteiger partial charge in [-0.3, -0.25) is 4.72 Å². The lowest BCUT2D eigenvalue weighted by Crippen LogP contribution is -2.29. The van der Waals surface area contributed by atoms with Gasteiger partial charge in [-0.25, -0.2) is 13.2 Å². The summed E-state index contributed by atoms with van der Waals surface area (Å²) in [6.07, 6.45) is 0.523. The minimum atomic E-state index is -3.72. The van der Waals surface area contributed by atoms with Gasteiger partial charge in [-0.2, -0.15) is 0 Å². The molecule has 0 aromatic heterocycles. The molecule has 0 saturated carbocycles. The molecule has 0 amide bonds. The SMILES string of the molecule is Cc1cc(C)c(-c2c(C)c(-c3ccc4c(c3)CCO4)c(C(OC(C)(C)C)C(=O)O)c(C)c2NS(C)(=O)=O)cc1C. The maximum absolute atomic E-state index is 12.8. The Labute approximate surface area is 237 Å². The van der Waals surface area contributed by atoms with Crippen molar-refractivity contribution < 1.29 is 27.8 Å². The molecule has 1 aliphatic rings. The van der Waals surface area contributed by atoms with Crippen LogP contribution in [0.15, 0.2) is 30.3 Å². The van der Waals surface area contributed by atoms with Crippen molar-refractivity contribution in [3.63, 3.8) is 0 Å². The van der Waals surface area contributed by atoms with Crippen LogP contribution in [0.1, 0.15) is 65.8 Å². The molecular formula is C32H39NO6S. The molecule has 2 N–H and O–H groups in total. The van der Waals surface area contributed by atoms with Gasteiger partial charge in [0.05, 0.1) is 24.2 Å². The number of nitrogens with one attached hydrogen (secondary N) is 1. The number of hydrogen-bond donors (Lipinski definition) is 2. The van der Waals surface area contributed by atoms with E-state index in [2.05, 4.69) is 16.9 Å². The Morgan fingerprint density at radius 2 is 1.62 bits per heavy atom. The fraction of sp³-hybridized carbons (Fsp3) is 0.406. The fourth-order valence-electron chi connectivity index (χ4n) is 5.53. The fourth-order valence-corrected chi connectivity index (χ4v) is 6.16. The van der Waals surface area contributed by atoms with E-state index >= 15 is 0 Å². The molecule has 0 aliphatic carbocycles. The minimum absolute atomic E-state index is 0.360. The average Bonchev–Trinajstić information content (AvgIpc) is 3.29. The third-order valence-electron chi connectivity index (χ3n) is 7.38. The number of carbonyl (C=O) groups is 1. The van der Waals surface area contributed by atoms with Gasteiger partial charge in [0, 0.05) is 17.5 Å². The molecule has 8 heteroatoms. The predicted molar refractivity (Wildman–Crippen MR) is 160 cm³/mol. The number of aryl methyl sites for hydroxylation is 3. The van der Waals surface area contributed by atoms with E-state index in [1.165, 1.54) is 0 Å². The van der Waals surface area contributed by atoms with Crippen LogP contribution in [0, 0.1) is 34.6 Å². The molecule has 0 spiro atoms. The average molecular weight is 566 g/mol. The summed E-state index contributed by atoms with van der Waals surface area (Å²) in [4.78, 5) is 12.8. The first-order valence-electron chi connectivity index (χ1n) is 13.4. The van der Waals surface area contributed by atoms with E-state index in [4.69, 9.17) is 9.47 Å². The second-order valence-corrected chi connectivity index (χ2v) is 13.5. The number of carboxylic acid groups (broad SMARTS) is 1. The number of aliphatic carboxylic acids is 1. The van der Waals surface area contributed by atoms with Gasteiger partial charge in [-0.1, -0.05) is 18.2 Å². The molecule has 40 heavy (non-hydrogen) atoms. The van der Waals surface area contributed by atoms with Crippen LogP contribution in [0.2, 0.25) is 0 Å². The zero-order chi connectivity index (χ0) is 29.7. The van der Waals surface area contributed by atoms with Gasteiger partial charge in [0.2, 0.25) is 10.0 Å². The van der Waals surface area contributed by atoms with Gasteiger partial charge in [0.1, 0.15) is 5.75 Å². The van der Waals surface area contributed by atoms with Crippen LogP contribution in [0.4, 0.5) is 5.69 Å². The predicted octanol–water partition coefficient (Wildman–Crippen LogP) is 6.81. The maximum Gasteiger partial charge on any atom is 0.337 e. The van der Waals surface area contributed by atoms with Crippen molar-refractivity contribution in [1.29, 1.82) is 0 Å². The van der Waals surface area contributed by atoms with Gasteiger partial charge in [0.15, 0.2) is 6.10 Å². The van der Waals surface area contributed by atoms with Crippen LogP contribution >= 0.6 is 0 Å². The number of ether oxygens (including phenoxy) is 2. The minimum Gasteiger partial charge on any atom is -0.493 e. The first kappa shape index (κ1) is 29.6. The second kappa shape index (κ2) is 10.6. The number of rotatable bonds is 7. The van der Waals surface area contributed by atoms with Crippen molar-refractivity contribution in [3.05, 3.63) is 69.3 Å². The molecule has 214 valence electrons. The van der Waals surface area contributed by atoms with Crippen molar-refractivity contribution in [2.75, 3.05) is 17.6 Å². The number of carboxylic acids is 1. The van der Waals surface area contributed by atoms with Crippen LogP contribution in [0.25, 0.3) is 22.3 Å². The zero-order valence-corrected chi connectivity index (χ0v) is 25.6. The summed E-state index contributed by atoms with van der Waals surface area (Å²) in [5.41, 5.74) is 8.68. The molecule has 3 aromatic rings. The van der Waals surface area contributed by atoms with Crippen molar-refractivity contribution in [2.24, 2.45) is 0 Å². The highest BCUT2D eigenvalue weighted by Crippen LogP contribution is 2.48. The number of fused-ring (bicyclic) bond motifs is 1. The first-order valence-corrected chi connectivity index (χ1v) is 15.3. The van der Waals surface area contributed by atoms with E-state index in [-0.39, 0.29) is 0 Å². The third kappa shape index (κ3) is 5.88. The van der Waals surface area contributed by atoms with E-state index in [1.54, 1.807) is 27.7 Å². The largest absolute Gasteiger partial charge is 0.493 e. The van der Waals surface area contributed by atoms with E-state index in [9.17, 15) is 18.3 Å². The number of sulfonamides is 1. The lowest BCUT2D eigenvalue weighted by Gasteiger charge is -2.31. The Morgan fingerprint density at radius 1 is 0.975 bits per heavy atom. The van der Waals surface area contributed by atoms with Gasteiger partial charge >= 0.3 is 5.97 Å². The van der Waals surface area contributed by atoms with Gasteiger partial charge in [-0.05, 0) is 118 Å². The van der Waals surface area contributed by atoms with Gasteiger partial charge in [-0.15, -0.1) is 0 Å². The molecule has 0 fully saturated rings. The van der Waals surface area contributed by atoms with Crippen LogP contribution in [-0.4, -0.2) is 38.0 Å². The van der Waals surface area contributed by atoms with Gasteiger partial charge < -0.3 is 14.6 Å². The Balaban J connectivity index is 2.21. The Kier molecular flexibility index (Phi) is 7.82. The van der Waals surface area contributed by atoms with Crippen LogP contribution in [0.5, 0.6) is 5.75 Å². The van der Waals surface area contributed by atoms with Crippen LogP contribution < -0.4 is 9.46 Å². The Hall–Kier alpha value is -3.36. The highest BCUT2D eigenvalue weighted by Gasteiger charge is 2.35. The molecular weight excluding hydrogens is 526 g/mol. The van der Waals surface area contributed by atoms with Crippen molar-refractivity contribution in [2.45, 2.75) is 73.5 Å². The Morgan fingerprint density at radius 3 is 2.23 bits per heavy atom. The highest BCUT2D eigenvalue weighted by molar-refractivity contribution is 7.92. The summed E-state index contributed by atoms with van der Waals surface area (Å²) < 4.78 is 40.1. The normalized spacial score (nSPS) is 14.0. The summed E-state index contributed by atoms with van der Waals surface area (Å²) in [7, 11) is -3.72. The zero-order valence-electron chi connectivity index (χ0n) is 24.8. The standard InChI is InChI=1S/C32H39NO6S/c1-17-14-19(3)24(15-18(17)2)27-20(4)26(23-10-11-25-22(16-23)12-13-38-25)28(21(5)29(27)33-40(9,36)37)30(31(34)35)39-32(6,7)8/h10-11,14-16,30,33H,12-13H2,1-9H3,(H,34,35).